The third-order valence-electron chi connectivity index (χ3n) is 0.960. The summed E-state index contributed by atoms with van der Waals surface area (Å²) in [6.07, 6.45) is 1.45. The summed E-state index contributed by atoms with van der Waals surface area (Å²) in [5, 5.41) is 7.49. The predicted molar refractivity (Wildman–Crippen MR) is 31.0 cm³/mol. The van der Waals surface area contributed by atoms with E-state index < -0.39 is 0 Å². The van der Waals surface area contributed by atoms with E-state index in [0.717, 1.165) is 0 Å². The molecule has 1 rings (SSSR count). The van der Waals surface area contributed by atoms with Crippen molar-refractivity contribution in [2.75, 3.05) is 0 Å². The molecule has 0 aromatic carbocycles. The minimum atomic E-state index is -0.0527. The van der Waals surface area contributed by atoms with E-state index in [9.17, 15) is 4.79 Å². The van der Waals surface area contributed by atoms with Crippen LogP contribution in [0.3, 0.4) is 0 Å². The third-order valence-corrected chi connectivity index (χ3v) is 0.960. The first kappa shape index (κ1) is 5.94. The lowest BCUT2D eigenvalue weighted by atomic mass is 10.3. The molecule has 0 aliphatic rings. The molecule has 0 N–H and O–H groups in total. The molecule has 0 saturated heterocycles. The summed E-state index contributed by atoms with van der Waals surface area (Å²) in [7, 11) is 1.67. The molecule has 0 radical (unpaired) electrons. The Kier molecular flexibility index (Phi) is 1.30. The standard InChI is InChI=1S/C5H7N3O/c1-4(9)5-3-6-8(2)7-5/h3H,1-2H3. The average molecular weight is 125 g/mol. The Balaban J connectivity index is 2.98. The summed E-state index contributed by atoms with van der Waals surface area (Å²) < 4.78 is 0. The van der Waals surface area contributed by atoms with E-state index in [1.165, 1.54) is 17.9 Å². The number of hydrogen-bond acceptors (Lipinski definition) is 3. The van der Waals surface area contributed by atoms with Crippen LogP contribution in [0, 0.1) is 0 Å². The molecule has 0 amide bonds. The van der Waals surface area contributed by atoms with Gasteiger partial charge >= 0.3 is 0 Å². The molecule has 48 valence electrons. The first-order valence-electron chi connectivity index (χ1n) is 2.57. The lowest BCUT2D eigenvalue weighted by Crippen LogP contribution is -1.96. The Hall–Kier alpha value is -1.19. The van der Waals surface area contributed by atoms with Crippen LogP contribution in [-0.4, -0.2) is 20.8 Å². The van der Waals surface area contributed by atoms with Crippen molar-refractivity contribution in [1.82, 2.24) is 15.0 Å². The van der Waals surface area contributed by atoms with Gasteiger partial charge in [-0.05, 0) is 0 Å². The molecule has 0 aliphatic heterocycles. The maximum absolute atomic E-state index is 10.5. The number of carbonyl (C=O) groups is 1. The lowest BCUT2D eigenvalue weighted by molar-refractivity contribution is 0.101. The summed E-state index contributed by atoms with van der Waals surface area (Å²) in [5.74, 6) is -0.0527. The van der Waals surface area contributed by atoms with Crippen LogP contribution in [0.5, 0.6) is 0 Å². The molecule has 0 atom stereocenters. The minimum absolute atomic E-state index is 0.0527. The van der Waals surface area contributed by atoms with Gasteiger partial charge in [0, 0.05) is 14.0 Å². The lowest BCUT2D eigenvalue weighted by Gasteiger charge is -1.81. The molecular weight excluding hydrogens is 118 g/mol. The number of hydrogen-bond donors (Lipinski definition) is 0. The zero-order valence-electron chi connectivity index (χ0n) is 5.33. The van der Waals surface area contributed by atoms with E-state index in [4.69, 9.17) is 0 Å². The summed E-state index contributed by atoms with van der Waals surface area (Å²) in [4.78, 5) is 11.9. The zero-order chi connectivity index (χ0) is 6.85. The van der Waals surface area contributed by atoms with Gasteiger partial charge in [0.15, 0.2) is 5.78 Å². The number of nitrogens with zero attached hydrogens (tertiary/aromatic N) is 3. The number of rotatable bonds is 1. The van der Waals surface area contributed by atoms with Crippen molar-refractivity contribution in [2.24, 2.45) is 7.05 Å². The van der Waals surface area contributed by atoms with Crippen molar-refractivity contribution in [2.45, 2.75) is 6.92 Å². The molecule has 4 heteroatoms. The van der Waals surface area contributed by atoms with Crippen LogP contribution in [0.15, 0.2) is 6.20 Å². The molecule has 0 fully saturated rings. The molecule has 1 aromatic heterocycles. The Morgan fingerprint density at radius 1 is 1.78 bits per heavy atom. The maximum atomic E-state index is 10.5. The van der Waals surface area contributed by atoms with Crippen LogP contribution >= 0.6 is 0 Å². The van der Waals surface area contributed by atoms with Gasteiger partial charge in [-0.3, -0.25) is 4.79 Å². The molecule has 0 spiro atoms. The van der Waals surface area contributed by atoms with E-state index in [1.54, 1.807) is 7.05 Å². The number of ketones is 1. The first-order chi connectivity index (χ1) is 4.20. The van der Waals surface area contributed by atoms with Gasteiger partial charge in [0.2, 0.25) is 0 Å². The van der Waals surface area contributed by atoms with Gasteiger partial charge in [-0.1, -0.05) is 0 Å². The molecule has 9 heavy (non-hydrogen) atoms. The van der Waals surface area contributed by atoms with Crippen LogP contribution in [0.2, 0.25) is 0 Å². The molecule has 1 aromatic rings. The highest BCUT2D eigenvalue weighted by Gasteiger charge is 2.00. The monoisotopic (exact) mass is 125 g/mol. The maximum Gasteiger partial charge on any atom is 0.181 e. The fraction of sp³-hybridized carbons (Fsp3) is 0.400. The summed E-state index contributed by atoms with van der Waals surface area (Å²) in [5.41, 5.74) is 0.414. The molecule has 1 heterocycles. The number of aryl methyl sites for hydroxylation is 1. The van der Waals surface area contributed by atoms with Crippen LogP contribution < -0.4 is 0 Å². The van der Waals surface area contributed by atoms with Crippen molar-refractivity contribution >= 4 is 5.78 Å². The van der Waals surface area contributed by atoms with E-state index in [2.05, 4.69) is 10.2 Å². The van der Waals surface area contributed by atoms with Gasteiger partial charge in [0.1, 0.15) is 5.69 Å². The van der Waals surface area contributed by atoms with Gasteiger partial charge in [0.05, 0.1) is 6.20 Å². The molecule has 0 unspecified atom stereocenters. The van der Waals surface area contributed by atoms with Crippen LogP contribution in [0.25, 0.3) is 0 Å². The van der Waals surface area contributed by atoms with E-state index in [-0.39, 0.29) is 5.78 Å². The summed E-state index contributed by atoms with van der Waals surface area (Å²) >= 11 is 0. The molecule has 0 saturated carbocycles. The first-order valence-corrected chi connectivity index (χ1v) is 2.57. The van der Waals surface area contributed by atoms with E-state index in [1.807, 2.05) is 0 Å². The smallest absolute Gasteiger partial charge is 0.181 e. The van der Waals surface area contributed by atoms with Crippen LogP contribution in [0.4, 0.5) is 0 Å². The number of Topliss-reactive ketones (excluding diaryl/α,β-unsaturated/α-hetero) is 1. The molecular formula is C5H7N3O. The van der Waals surface area contributed by atoms with Gasteiger partial charge in [-0.2, -0.15) is 15.0 Å². The second-order valence-electron chi connectivity index (χ2n) is 1.78. The highest BCUT2D eigenvalue weighted by molar-refractivity contribution is 5.91. The van der Waals surface area contributed by atoms with Crippen LogP contribution in [-0.2, 0) is 7.05 Å². The highest BCUT2D eigenvalue weighted by atomic mass is 16.1. The number of carbonyl (C=O) groups excluding carboxylic acids is 1. The average Bonchev–Trinajstić information content (AvgIpc) is 2.14. The molecule has 4 nitrogen and oxygen atoms in total. The van der Waals surface area contributed by atoms with Crippen molar-refractivity contribution in [3.8, 4) is 0 Å². The van der Waals surface area contributed by atoms with Gasteiger partial charge in [0.25, 0.3) is 0 Å². The van der Waals surface area contributed by atoms with Gasteiger partial charge in [-0.25, -0.2) is 0 Å². The Bertz CT molecular complexity index is 228. The number of aromatic nitrogens is 3. The van der Waals surface area contributed by atoms with Crippen molar-refractivity contribution in [3.63, 3.8) is 0 Å². The van der Waals surface area contributed by atoms with Crippen molar-refractivity contribution in [3.05, 3.63) is 11.9 Å². The molecule has 0 bridgehead atoms. The summed E-state index contributed by atoms with van der Waals surface area (Å²) in [6.45, 7) is 1.46. The summed E-state index contributed by atoms with van der Waals surface area (Å²) in [6, 6.07) is 0. The van der Waals surface area contributed by atoms with Crippen LogP contribution in [0.1, 0.15) is 17.4 Å². The van der Waals surface area contributed by atoms with Crippen molar-refractivity contribution in [1.29, 1.82) is 0 Å². The predicted octanol–water partition coefficient (Wildman–Crippen LogP) is 0.0177. The Morgan fingerprint density at radius 3 is 2.67 bits per heavy atom. The van der Waals surface area contributed by atoms with Gasteiger partial charge < -0.3 is 0 Å². The second-order valence-corrected chi connectivity index (χ2v) is 1.78. The van der Waals surface area contributed by atoms with E-state index in [0.29, 0.717) is 5.69 Å². The zero-order valence-corrected chi connectivity index (χ0v) is 5.33. The Labute approximate surface area is 52.5 Å². The SMILES string of the molecule is CC(=O)c1cnn(C)n1. The van der Waals surface area contributed by atoms with Crippen molar-refractivity contribution < 1.29 is 4.79 Å². The molecule has 0 aliphatic carbocycles. The van der Waals surface area contributed by atoms with Gasteiger partial charge in [-0.15, -0.1) is 0 Å². The quantitative estimate of drug-likeness (QED) is 0.497. The normalized spacial score (nSPS) is 9.56. The Morgan fingerprint density at radius 2 is 2.44 bits per heavy atom. The topological polar surface area (TPSA) is 47.8 Å². The fourth-order valence-electron chi connectivity index (χ4n) is 0.507. The second kappa shape index (κ2) is 1.97. The fourth-order valence-corrected chi connectivity index (χ4v) is 0.507. The van der Waals surface area contributed by atoms with E-state index >= 15 is 0 Å². The largest absolute Gasteiger partial charge is 0.293 e. The third kappa shape index (κ3) is 1.13. The highest BCUT2D eigenvalue weighted by Crippen LogP contribution is 1.89. The minimum Gasteiger partial charge on any atom is -0.293 e.